The number of ether oxygens (including phenoxy) is 3. The van der Waals surface area contributed by atoms with Gasteiger partial charge < -0.3 is 19.3 Å². The zero-order chi connectivity index (χ0) is 26.7. The monoisotopic (exact) mass is 502 g/mol. The highest BCUT2D eigenvalue weighted by molar-refractivity contribution is 6.51. The maximum absolute atomic E-state index is 13.4. The first-order valence-electron chi connectivity index (χ1n) is 11.5. The first kappa shape index (κ1) is 25.4. The van der Waals surface area contributed by atoms with Crippen molar-refractivity contribution in [2.45, 2.75) is 26.0 Å². The second-order valence-electron chi connectivity index (χ2n) is 8.52. The summed E-state index contributed by atoms with van der Waals surface area (Å²) in [5.74, 6) is -1.95. The van der Waals surface area contributed by atoms with Crippen LogP contribution >= 0.6 is 0 Å². The van der Waals surface area contributed by atoms with Gasteiger partial charge in [-0.2, -0.15) is 0 Å². The summed E-state index contributed by atoms with van der Waals surface area (Å²) in [5, 5.41) is 11.4. The van der Waals surface area contributed by atoms with Crippen LogP contribution in [0.3, 0.4) is 0 Å². The van der Waals surface area contributed by atoms with Crippen molar-refractivity contribution in [2.75, 3.05) is 19.1 Å². The van der Waals surface area contributed by atoms with Crippen LogP contribution in [0.2, 0.25) is 0 Å². The number of ketones is 1. The molecule has 1 amide bonds. The van der Waals surface area contributed by atoms with Crippen LogP contribution in [0, 0.1) is 0 Å². The lowest BCUT2D eigenvalue weighted by molar-refractivity contribution is -0.132. The first-order valence-corrected chi connectivity index (χ1v) is 11.5. The summed E-state index contributed by atoms with van der Waals surface area (Å²) in [6.45, 7) is 3.47. The Morgan fingerprint density at radius 3 is 2.38 bits per heavy atom. The van der Waals surface area contributed by atoms with Gasteiger partial charge in [0.25, 0.3) is 11.7 Å². The van der Waals surface area contributed by atoms with Crippen LogP contribution in [-0.2, 0) is 14.3 Å². The summed E-state index contributed by atoms with van der Waals surface area (Å²) in [6, 6.07) is 13.3. The zero-order valence-electron chi connectivity index (χ0n) is 20.8. The van der Waals surface area contributed by atoms with Gasteiger partial charge in [0.15, 0.2) is 0 Å². The molecule has 1 unspecified atom stereocenters. The average molecular weight is 503 g/mol. The number of hydrogen-bond acceptors (Lipinski definition) is 8. The van der Waals surface area contributed by atoms with E-state index >= 15 is 0 Å². The van der Waals surface area contributed by atoms with E-state index < -0.39 is 29.5 Å². The highest BCUT2D eigenvalue weighted by Crippen LogP contribution is 2.43. The lowest BCUT2D eigenvalue weighted by Gasteiger charge is -2.25. The number of aromatic nitrogens is 1. The number of methoxy groups -OCH3 is 2. The summed E-state index contributed by atoms with van der Waals surface area (Å²) in [4.78, 5) is 44.6. The number of pyridine rings is 1. The molecule has 2 heterocycles. The number of benzene rings is 2. The minimum atomic E-state index is -0.994. The van der Waals surface area contributed by atoms with Crippen molar-refractivity contribution in [1.82, 2.24) is 4.98 Å². The maximum Gasteiger partial charge on any atom is 0.338 e. The van der Waals surface area contributed by atoms with Gasteiger partial charge in [-0.25, -0.2) is 4.79 Å². The molecule has 4 rings (SSSR count). The van der Waals surface area contributed by atoms with Crippen molar-refractivity contribution in [3.8, 4) is 11.5 Å². The molecule has 9 heteroatoms. The van der Waals surface area contributed by atoms with E-state index in [0.717, 1.165) is 0 Å². The standard InChI is InChI=1S/C28H26N2O7/c1-16(2)37-28(34)18-6-5-7-19(14-18)30-24(17-10-12-29-13-11-17)23(26(32)27(30)33)25(31)21-9-8-20(35-3)15-22(21)36-4/h5-16,24,31H,1-4H3/b25-23-. The summed E-state index contributed by atoms with van der Waals surface area (Å²) in [7, 11) is 2.92. The molecule has 1 aliphatic heterocycles. The molecule has 1 fully saturated rings. The number of rotatable bonds is 7. The number of carbonyl (C=O) groups is 3. The first-order chi connectivity index (χ1) is 17.8. The fraction of sp³-hybridized carbons (Fsp3) is 0.214. The van der Waals surface area contributed by atoms with E-state index in [4.69, 9.17) is 14.2 Å². The summed E-state index contributed by atoms with van der Waals surface area (Å²) in [6.07, 6.45) is 2.72. The van der Waals surface area contributed by atoms with E-state index in [1.54, 1.807) is 62.4 Å². The maximum atomic E-state index is 13.4. The lowest BCUT2D eigenvalue weighted by atomic mass is 9.95. The van der Waals surface area contributed by atoms with Crippen molar-refractivity contribution in [1.29, 1.82) is 0 Å². The number of nitrogens with zero attached hydrogens (tertiary/aromatic N) is 2. The molecule has 1 aliphatic rings. The van der Waals surface area contributed by atoms with Gasteiger partial charge in [-0.15, -0.1) is 0 Å². The van der Waals surface area contributed by atoms with E-state index in [-0.39, 0.29) is 28.6 Å². The van der Waals surface area contributed by atoms with Crippen molar-refractivity contribution >= 4 is 29.1 Å². The molecule has 1 saturated heterocycles. The van der Waals surface area contributed by atoms with Crippen LogP contribution in [-0.4, -0.2) is 48.1 Å². The molecule has 2 aromatic carbocycles. The quantitative estimate of drug-likeness (QED) is 0.220. The molecule has 1 N–H and O–H groups in total. The molecule has 0 radical (unpaired) electrons. The molecule has 190 valence electrons. The minimum Gasteiger partial charge on any atom is -0.507 e. The lowest BCUT2D eigenvalue weighted by Crippen LogP contribution is -2.29. The van der Waals surface area contributed by atoms with Crippen LogP contribution in [0.5, 0.6) is 11.5 Å². The predicted octanol–water partition coefficient (Wildman–Crippen LogP) is 4.29. The molecule has 37 heavy (non-hydrogen) atoms. The molecule has 9 nitrogen and oxygen atoms in total. The highest BCUT2D eigenvalue weighted by Gasteiger charge is 2.47. The second kappa shape index (κ2) is 10.5. The second-order valence-corrected chi connectivity index (χ2v) is 8.52. The summed E-state index contributed by atoms with van der Waals surface area (Å²) in [5.41, 5.74) is 1.14. The number of anilines is 1. The Balaban J connectivity index is 1.90. The molecule has 0 spiro atoms. The SMILES string of the molecule is COc1ccc(/C(O)=C2/C(=O)C(=O)N(c3cccc(C(=O)OC(C)C)c3)C2c2ccncc2)c(OC)c1. The molecule has 0 bridgehead atoms. The molecular formula is C28H26N2O7. The topological polar surface area (TPSA) is 115 Å². The van der Waals surface area contributed by atoms with Gasteiger partial charge in [0.2, 0.25) is 0 Å². The third-order valence-corrected chi connectivity index (χ3v) is 5.83. The summed E-state index contributed by atoms with van der Waals surface area (Å²) < 4.78 is 15.9. The number of carbonyl (C=O) groups excluding carboxylic acids is 3. The van der Waals surface area contributed by atoms with Gasteiger partial charge in [-0.05, 0) is 61.9 Å². The Kier molecular flexibility index (Phi) is 7.24. The van der Waals surface area contributed by atoms with Crippen molar-refractivity contribution in [3.63, 3.8) is 0 Å². The molecule has 0 saturated carbocycles. The Bertz CT molecular complexity index is 1380. The van der Waals surface area contributed by atoms with E-state index in [9.17, 15) is 19.5 Å². The van der Waals surface area contributed by atoms with Gasteiger partial charge >= 0.3 is 5.97 Å². The number of amides is 1. The molecule has 1 atom stereocenters. The number of hydrogen-bond donors (Lipinski definition) is 1. The van der Waals surface area contributed by atoms with E-state index in [1.807, 2.05) is 0 Å². The predicted molar refractivity (Wildman–Crippen MR) is 136 cm³/mol. The van der Waals surface area contributed by atoms with Crippen LogP contribution < -0.4 is 14.4 Å². The van der Waals surface area contributed by atoms with Gasteiger partial charge in [0.1, 0.15) is 17.3 Å². The third kappa shape index (κ3) is 4.88. The van der Waals surface area contributed by atoms with Crippen molar-refractivity contribution in [3.05, 3.63) is 89.3 Å². The van der Waals surface area contributed by atoms with Gasteiger partial charge in [-0.1, -0.05) is 6.07 Å². The van der Waals surface area contributed by atoms with Gasteiger partial charge in [0.05, 0.1) is 43.1 Å². The fourth-order valence-corrected chi connectivity index (χ4v) is 4.16. The van der Waals surface area contributed by atoms with Crippen LogP contribution in [0.15, 0.2) is 72.6 Å². The normalized spacial score (nSPS) is 16.7. The third-order valence-electron chi connectivity index (χ3n) is 5.83. The summed E-state index contributed by atoms with van der Waals surface area (Å²) >= 11 is 0. The number of esters is 1. The Morgan fingerprint density at radius 1 is 1.00 bits per heavy atom. The Morgan fingerprint density at radius 2 is 1.73 bits per heavy atom. The average Bonchev–Trinajstić information content (AvgIpc) is 3.18. The number of aliphatic hydroxyl groups is 1. The van der Waals surface area contributed by atoms with Crippen LogP contribution in [0.25, 0.3) is 5.76 Å². The number of aliphatic hydroxyl groups excluding tert-OH is 1. The van der Waals surface area contributed by atoms with Crippen LogP contribution in [0.4, 0.5) is 5.69 Å². The van der Waals surface area contributed by atoms with E-state index in [0.29, 0.717) is 17.0 Å². The molecule has 0 aliphatic carbocycles. The van der Waals surface area contributed by atoms with Crippen molar-refractivity contribution < 1.29 is 33.7 Å². The number of Topliss-reactive ketones (excluding diaryl/α,β-unsaturated/α-hetero) is 1. The van der Waals surface area contributed by atoms with E-state index in [1.165, 1.54) is 37.6 Å². The smallest absolute Gasteiger partial charge is 0.338 e. The Labute approximate surface area is 213 Å². The molecular weight excluding hydrogens is 476 g/mol. The molecule has 1 aromatic heterocycles. The van der Waals surface area contributed by atoms with Gasteiger partial charge in [-0.3, -0.25) is 19.5 Å². The van der Waals surface area contributed by atoms with Gasteiger partial charge in [0, 0.05) is 24.1 Å². The zero-order valence-corrected chi connectivity index (χ0v) is 20.8. The highest BCUT2D eigenvalue weighted by atomic mass is 16.5. The minimum absolute atomic E-state index is 0.130. The largest absolute Gasteiger partial charge is 0.507 e. The Hall–Kier alpha value is -4.66. The van der Waals surface area contributed by atoms with E-state index in [2.05, 4.69) is 4.98 Å². The van der Waals surface area contributed by atoms with Crippen LogP contribution in [0.1, 0.15) is 41.4 Å². The molecule has 3 aromatic rings. The van der Waals surface area contributed by atoms with Crippen molar-refractivity contribution in [2.24, 2.45) is 0 Å². The fourth-order valence-electron chi connectivity index (χ4n) is 4.16.